The molecule has 5 N–H and O–H groups in total. The summed E-state index contributed by atoms with van der Waals surface area (Å²) >= 11 is 0. The molecule has 10 nitrogen and oxygen atoms in total. The SMILES string of the molecule is CCCCCCCCCCCCCC(=O)NCC(=O)N[C@@H](Cc1c[nH]cn1)C(=O)NCC(=O)O. The predicted octanol–water partition coefficient (Wildman–Crippen LogP) is 2.46. The molecule has 0 radical (unpaired) electrons. The minimum absolute atomic E-state index is 0.0907. The Labute approximate surface area is 202 Å². The van der Waals surface area contributed by atoms with Crippen molar-refractivity contribution in [2.24, 2.45) is 0 Å². The molecule has 0 aliphatic rings. The topological polar surface area (TPSA) is 153 Å². The lowest BCUT2D eigenvalue weighted by atomic mass is 10.1. The summed E-state index contributed by atoms with van der Waals surface area (Å²) in [6.45, 7) is 1.42. The highest BCUT2D eigenvalue weighted by molar-refractivity contribution is 5.91. The van der Waals surface area contributed by atoms with Gasteiger partial charge in [0.15, 0.2) is 0 Å². The number of nitrogens with zero attached hydrogens (tertiary/aromatic N) is 1. The Morgan fingerprint density at radius 1 is 0.882 bits per heavy atom. The van der Waals surface area contributed by atoms with Gasteiger partial charge in [-0.25, -0.2) is 4.98 Å². The monoisotopic (exact) mass is 479 g/mol. The fourth-order valence-electron chi connectivity index (χ4n) is 3.57. The summed E-state index contributed by atoms with van der Waals surface area (Å²) in [4.78, 5) is 54.0. The zero-order chi connectivity index (χ0) is 25.0. The van der Waals surface area contributed by atoms with E-state index in [1.807, 2.05) is 0 Å². The van der Waals surface area contributed by atoms with E-state index in [1.165, 1.54) is 57.7 Å². The number of H-pyrrole nitrogens is 1. The number of aromatic amines is 1. The van der Waals surface area contributed by atoms with Gasteiger partial charge in [-0.2, -0.15) is 0 Å². The van der Waals surface area contributed by atoms with Crippen molar-refractivity contribution < 1.29 is 24.3 Å². The second-order valence-electron chi connectivity index (χ2n) is 8.56. The molecule has 3 amide bonds. The van der Waals surface area contributed by atoms with Crippen LogP contribution in [0.1, 0.15) is 89.7 Å². The minimum Gasteiger partial charge on any atom is -0.480 e. The number of aliphatic carboxylic acids is 1. The lowest BCUT2D eigenvalue weighted by molar-refractivity contribution is -0.138. The van der Waals surface area contributed by atoms with E-state index in [-0.39, 0.29) is 18.9 Å². The minimum atomic E-state index is -1.19. The molecule has 0 bridgehead atoms. The van der Waals surface area contributed by atoms with Crippen molar-refractivity contribution in [3.05, 3.63) is 18.2 Å². The number of carboxylic acid groups (broad SMARTS) is 1. The summed E-state index contributed by atoms with van der Waals surface area (Å²) in [5, 5.41) is 16.1. The number of amides is 3. The van der Waals surface area contributed by atoms with Gasteiger partial charge in [-0.05, 0) is 6.42 Å². The van der Waals surface area contributed by atoms with Crippen molar-refractivity contribution >= 4 is 23.7 Å². The number of rotatable bonds is 20. The molecule has 0 saturated carbocycles. The number of carboxylic acids is 1. The van der Waals surface area contributed by atoms with Crippen LogP contribution in [0.25, 0.3) is 0 Å². The van der Waals surface area contributed by atoms with Crippen molar-refractivity contribution in [3.8, 4) is 0 Å². The van der Waals surface area contributed by atoms with Gasteiger partial charge in [0, 0.05) is 19.0 Å². The molecule has 1 atom stereocenters. The molecular formula is C24H41N5O5. The van der Waals surface area contributed by atoms with E-state index >= 15 is 0 Å². The smallest absolute Gasteiger partial charge is 0.322 e. The first kappa shape index (κ1) is 29.1. The second kappa shape index (κ2) is 18.5. The predicted molar refractivity (Wildman–Crippen MR) is 129 cm³/mol. The Bertz CT molecular complexity index is 723. The van der Waals surface area contributed by atoms with Crippen molar-refractivity contribution in [2.45, 2.75) is 96.4 Å². The highest BCUT2D eigenvalue weighted by atomic mass is 16.4. The molecule has 0 fully saturated rings. The largest absolute Gasteiger partial charge is 0.480 e. The van der Waals surface area contributed by atoms with Crippen LogP contribution in [0.2, 0.25) is 0 Å². The van der Waals surface area contributed by atoms with Gasteiger partial charge >= 0.3 is 5.97 Å². The first-order chi connectivity index (χ1) is 16.4. The summed E-state index contributed by atoms with van der Waals surface area (Å²) < 4.78 is 0. The molecule has 0 aliphatic carbocycles. The Morgan fingerprint density at radius 3 is 2.06 bits per heavy atom. The third-order valence-corrected chi connectivity index (χ3v) is 5.49. The number of nitrogens with one attached hydrogen (secondary N) is 4. The number of hydrogen-bond donors (Lipinski definition) is 5. The molecule has 10 heteroatoms. The van der Waals surface area contributed by atoms with Gasteiger partial charge in [0.2, 0.25) is 17.7 Å². The quantitative estimate of drug-likeness (QED) is 0.181. The van der Waals surface area contributed by atoms with Crippen molar-refractivity contribution in [3.63, 3.8) is 0 Å². The van der Waals surface area contributed by atoms with Crippen LogP contribution >= 0.6 is 0 Å². The average Bonchev–Trinajstić information content (AvgIpc) is 3.32. The van der Waals surface area contributed by atoms with Crippen molar-refractivity contribution in [1.29, 1.82) is 0 Å². The molecule has 1 heterocycles. The zero-order valence-electron chi connectivity index (χ0n) is 20.4. The maximum atomic E-state index is 12.3. The van der Waals surface area contributed by atoms with Crippen LogP contribution in [0.15, 0.2) is 12.5 Å². The molecule has 192 valence electrons. The molecular weight excluding hydrogens is 438 g/mol. The Balaban J connectivity index is 2.20. The number of aromatic nitrogens is 2. The maximum absolute atomic E-state index is 12.3. The summed E-state index contributed by atoms with van der Waals surface area (Å²) in [7, 11) is 0. The molecule has 0 aliphatic heterocycles. The fourth-order valence-corrected chi connectivity index (χ4v) is 3.57. The first-order valence-electron chi connectivity index (χ1n) is 12.5. The van der Waals surface area contributed by atoms with Gasteiger partial charge in [0.05, 0.1) is 18.6 Å². The van der Waals surface area contributed by atoms with E-state index in [2.05, 4.69) is 32.8 Å². The van der Waals surface area contributed by atoms with Crippen LogP contribution in [0, 0.1) is 0 Å². The second-order valence-corrected chi connectivity index (χ2v) is 8.56. The molecule has 0 aromatic carbocycles. The lowest BCUT2D eigenvalue weighted by Gasteiger charge is -2.17. The maximum Gasteiger partial charge on any atom is 0.322 e. The van der Waals surface area contributed by atoms with Crippen LogP contribution < -0.4 is 16.0 Å². The van der Waals surface area contributed by atoms with E-state index in [4.69, 9.17) is 5.11 Å². The molecule has 34 heavy (non-hydrogen) atoms. The van der Waals surface area contributed by atoms with Gasteiger partial charge in [0.1, 0.15) is 12.6 Å². The van der Waals surface area contributed by atoms with Crippen LogP contribution in [0.3, 0.4) is 0 Å². The molecule has 1 aromatic rings. The molecule has 0 saturated heterocycles. The zero-order valence-corrected chi connectivity index (χ0v) is 20.4. The number of carbonyl (C=O) groups is 4. The molecule has 0 spiro atoms. The standard InChI is InChI=1S/C24H41N5O5/c1-2-3-4-5-6-7-8-9-10-11-12-13-21(30)26-16-22(31)29-20(14-19-15-25-18-28-19)24(34)27-17-23(32)33/h15,18,20H,2-14,16-17H2,1H3,(H,25,28)(H,26,30)(H,27,34)(H,29,31)(H,32,33)/t20-/m0/s1. The molecule has 1 rings (SSSR count). The first-order valence-corrected chi connectivity index (χ1v) is 12.5. The van der Waals surface area contributed by atoms with E-state index < -0.39 is 30.4 Å². The van der Waals surface area contributed by atoms with Gasteiger partial charge in [-0.3, -0.25) is 19.2 Å². The van der Waals surface area contributed by atoms with Crippen LogP contribution in [-0.2, 0) is 25.6 Å². The highest BCUT2D eigenvalue weighted by Crippen LogP contribution is 2.11. The van der Waals surface area contributed by atoms with Crippen molar-refractivity contribution in [2.75, 3.05) is 13.1 Å². The summed E-state index contributed by atoms with van der Waals surface area (Å²) in [5.74, 6) is -2.55. The third kappa shape index (κ3) is 15.0. The Hall–Kier alpha value is -2.91. The van der Waals surface area contributed by atoms with Crippen LogP contribution in [0.5, 0.6) is 0 Å². The van der Waals surface area contributed by atoms with Gasteiger partial charge < -0.3 is 26.0 Å². The van der Waals surface area contributed by atoms with Gasteiger partial charge in [-0.1, -0.05) is 71.1 Å². The van der Waals surface area contributed by atoms with Crippen molar-refractivity contribution in [1.82, 2.24) is 25.9 Å². The van der Waals surface area contributed by atoms with Crippen LogP contribution in [0.4, 0.5) is 0 Å². The van der Waals surface area contributed by atoms with E-state index in [9.17, 15) is 19.2 Å². The number of unbranched alkanes of at least 4 members (excludes halogenated alkanes) is 10. The van der Waals surface area contributed by atoms with Gasteiger partial charge in [0.25, 0.3) is 0 Å². The summed E-state index contributed by atoms with van der Waals surface area (Å²) in [6, 6.07) is -1.00. The summed E-state index contributed by atoms with van der Waals surface area (Å²) in [6.07, 6.45) is 16.7. The fraction of sp³-hybridized carbons (Fsp3) is 0.708. The van der Waals surface area contributed by atoms with E-state index in [1.54, 1.807) is 6.20 Å². The molecule has 0 unspecified atom stereocenters. The van der Waals surface area contributed by atoms with E-state index in [0.717, 1.165) is 19.3 Å². The third-order valence-electron chi connectivity index (χ3n) is 5.49. The summed E-state index contributed by atoms with van der Waals surface area (Å²) in [5.41, 5.74) is 0.538. The Kier molecular flexibility index (Phi) is 15.9. The normalized spacial score (nSPS) is 11.6. The number of carbonyl (C=O) groups excluding carboxylic acids is 3. The number of hydrogen-bond acceptors (Lipinski definition) is 5. The van der Waals surface area contributed by atoms with Gasteiger partial charge in [-0.15, -0.1) is 0 Å². The molecule has 1 aromatic heterocycles. The lowest BCUT2D eigenvalue weighted by Crippen LogP contribution is -2.51. The van der Waals surface area contributed by atoms with E-state index in [0.29, 0.717) is 12.1 Å². The highest BCUT2D eigenvalue weighted by Gasteiger charge is 2.22. The number of imidazole rings is 1. The van der Waals surface area contributed by atoms with Crippen LogP contribution in [-0.4, -0.2) is 57.9 Å². The Morgan fingerprint density at radius 2 is 1.50 bits per heavy atom. The average molecular weight is 480 g/mol.